The molecular formula is C12H13N3. The number of nitrogens with two attached hydrogens (primary N) is 1. The molecule has 0 fully saturated rings. The number of benzene rings is 1. The molecule has 0 saturated carbocycles. The summed E-state index contributed by atoms with van der Waals surface area (Å²) in [6.45, 7) is 2.04. The minimum Gasteiger partial charge on any atom is -0.318 e. The highest BCUT2D eigenvalue weighted by Crippen LogP contribution is 2.18. The maximum absolute atomic E-state index is 6.09. The van der Waals surface area contributed by atoms with Crippen LogP contribution in [-0.4, -0.2) is 9.97 Å². The smallest absolute Gasteiger partial charge is 0.149 e. The van der Waals surface area contributed by atoms with Crippen molar-refractivity contribution in [1.82, 2.24) is 9.97 Å². The molecule has 76 valence electrons. The van der Waals surface area contributed by atoms with E-state index in [1.165, 1.54) is 0 Å². The van der Waals surface area contributed by atoms with Gasteiger partial charge in [-0.3, -0.25) is 0 Å². The highest BCUT2D eigenvalue weighted by atomic mass is 14.9. The van der Waals surface area contributed by atoms with E-state index in [1.807, 2.05) is 31.2 Å². The van der Waals surface area contributed by atoms with Crippen molar-refractivity contribution < 1.29 is 0 Å². The first-order chi connectivity index (χ1) is 7.29. The van der Waals surface area contributed by atoms with Crippen LogP contribution in [0.3, 0.4) is 0 Å². The van der Waals surface area contributed by atoms with Gasteiger partial charge >= 0.3 is 0 Å². The van der Waals surface area contributed by atoms with E-state index >= 15 is 0 Å². The number of nitrogens with zero attached hydrogens (tertiary/aromatic N) is 2. The van der Waals surface area contributed by atoms with Gasteiger partial charge in [-0.2, -0.15) is 0 Å². The van der Waals surface area contributed by atoms with Crippen LogP contribution >= 0.6 is 0 Å². The van der Waals surface area contributed by atoms with Gasteiger partial charge in [-0.15, -0.1) is 0 Å². The summed E-state index contributed by atoms with van der Waals surface area (Å²) in [4.78, 5) is 8.32. The van der Waals surface area contributed by atoms with Crippen LogP contribution in [-0.2, 0) is 0 Å². The molecule has 0 saturated heterocycles. The largest absolute Gasteiger partial charge is 0.318 e. The van der Waals surface area contributed by atoms with Crippen molar-refractivity contribution in [3.05, 3.63) is 59.7 Å². The van der Waals surface area contributed by atoms with Gasteiger partial charge in [-0.1, -0.05) is 24.3 Å². The van der Waals surface area contributed by atoms with Gasteiger partial charge in [0.05, 0.1) is 6.04 Å². The van der Waals surface area contributed by atoms with Crippen LogP contribution in [0.15, 0.2) is 42.7 Å². The van der Waals surface area contributed by atoms with E-state index in [0.717, 1.165) is 11.1 Å². The molecule has 3 heteroatoms. The minimum atomic E-state index is -0.243. The molecule has 1 heterocycles. The lowest BCUT2D eigenvalue weighted by Crippen LogP contribution is -2.16. The summed E-state index contributed by atoms with van der Waals surface area (Å²) in [6, 6.07) is 9.57. The third kappa shape index (κ3) is 2.02. The molecule has 0 aliphatic heterocycles. The zero-order chi connectivity index (χ0) is 10.7. The van der Waals surface area contributed by atoms with Crippen LogP contribution in [0.1, 0.15) is 23.0 Å². The molecule has 1 aromatic heterocycles. The topological polar surface area (TPSA) is 51.8 Å². The van der Waals surface area contributed by atoms with Crippen LogP contribution < -0.4 is 5.73 Å². The molecule has 0 spiro atoms. The van der Waals surface area contributed by atoms with E-state index in [1.54, 1.807) is 18.5 Å². The summed E-state index contributed by atoms with van der Waals surface area (Å²) >= 11 is 0. The maximum Gasteiger partial charge on any atom is 0.149 e. The maximum atomic E-state index is 6.09. The minimum absolute atomic E-state index is 0.243. The Kier molecular flexibility index (Phi) is 2.74. The van der Waals surface area contributed by atoms with Crippen molar-refractivity contribution >= 4 is 0 Å². The van der Waals surface area contributed by atoms with Crippen molar-refractivity contribution in [3.63, 3.8) is 0 Å². The summed E-state index contributed by atoms with van der Waals surface area (Å²) in [7, 11) is 0. The fourth-order valence-electron chi connectivity index (χ4n) is 1.55. The van der Waals surface area contributed by atoms with E-state index < -0.39 is 0 Å². The van der Waals surface area contributed by atoms with Gasteiger partial charge in [0.25, 0.3) is 0 Å². The number of hydrogen-bond donors (Lipinski definition) is 1. The summed E-state index contributed by atoms with van der Waals surface area (Å²) in [5, 5.41) is 0. The fourth-order valence-corrected chi connectivity index (χ4v) is 1.55. The highest BCUT2D eigenvalue weighted by Gasteiger charge is 2.12. The molecule has 0 radical (unpaired) electrons. The average Bonchev–Trinajstić information content (AvgIpc) is 2.30. The normalized spacial score (nSPS) is 12.4. The van der Waals surface area contributed by atoms with Crippen molar-refractivity contribution in [2.75, 3.05) is 0 Å². The second-order valence-corrected chi connectivity index (χ2v) is 3.44. The van der Waals surface area contributed by atoms with Gasteiger partial charge in [-0.25, -0.2) is 9.97 Å². The summed E-state index contributed by atoms with van der Waals surface area (Å²) < 4.78 is 0. The molecular weight excluding hydrogens is 186 g/mol. The van der Waals surface area contributed by atoms with Crippen molar-refractivity contribution in [3.8, 4) is 0 Å². The number of aromatic nitrogens is 2. The molecule has 2 aromatic rings. The SMILES string of the molecule is Cc1ccccc1[C@H](N)c1ncccn1. The Hall–Kier alpha value is -1.74. The standard InChI is InChI=1S/C12H13N3/c1-9-5-2-3-6-10(9)11(13)12-14-7-4-8-15-12/h2-8,11H,13H2,1H3/t11-/m0/s1. The van der Waals surface area contributed by atoms with E-state index in [4.69, 9.17) is 5.73 Å². The van der Waals surface area contributed by atoms with Crippen LogP contribution in [0, 0.1) is 6.92 Å². The van der Waals surface area contributed by atoms with E-state index in [-0.39, 0.29) is 6.04 Å². The van der Waals surface area contributed by atoms with Crippen LogP contribution in [0.25, 0.3) is 0 Å². The summed E-state index contributed by atoms with van der Waals surface area (Å²) in [6.07, 6.45) is 3.42. The summed E-state index contributed by atoms with van der Waals surface area (Å²) in [5.74, 6) is 0.659. The zero-order valence-electron chi connectivity index (χ0n) is 8.59. The molecule has 0 amide bonds. The Morgan fingerprint density at radius 2 is 1.73 bits per heavy atom. The second kappa shape index (κ2) is 4.19. The number of rotatable bonds is 2. The van der Waals surface area contributed by atoms with Crippen LogP contribution in [0.4, 0.5) is 0 Å². The van der Waals surface area contributed by atoms with E-state index in [2.05, 4.69) is 9.97 Å². The van der Waals surface area contributed by atoms with Crippen molar-refractivity contribution in [2.24, 2.45) is 5.73 Å². The summed E-state index contributed by atoms with van der Waals surface area (Å²) in [5.41, 5.74) is 8.33. The molecule has 15 heavy (non-hydrogen) atoms. The fraction of sp³-hybridized carbons (Fsp3) is 0.167. The van der Waals surface area contributed by atoms with Crippen LogP contribution in [0.2, 0.25) is 0 Å². The average molecular weight is 199 g/mol. The van der Waals surface area contributed by atoms with Gasteiger partial charge in [0.2, 0.25) is 0 Å². The molecule has 0 bridgehead atoms. The van der Waals surface area contributed by atoms with E-state index in [9.17, 15) is 0 Å². The zero-order valence-corrected chi connectivity index (χ0v) is 8.59. The Bertz CT molecular complexity index is 440. The van der Waals surface area contributed by atoms with Crippen molar-refractivity contribution in [1.29, 1.82) is 0 Å². The molecule has 1 atom stereocenters. The lowest BCUT2D eigenvalue weighted by Gasteiger charge is -2.12. The van der Waals surface area contributed by atoms with Gasteiger partial charge in [0, 0.05) is 12.4 Å². The Balaban J connectivity index is 2.37. The monoisotopic (exact) mass is 199 g/mol. The van der Waals surface area contributed by atoms with Gasteiger partial charge in [-0.05, 0) is 24.1 Å². The quantitative estimate of drug-likeness (QED) is 0.802. The molecule has 1 aromatic carbocycles. The predicted octanol–water partition coefficient (Wildman–Crippen LogP) is 1.83. The van der Waals surface area contributed by atoms with Crippen molar-refractivity contribution in [2.45, 2.75) is 13.0 Å². The first-order valence-corrected chi connectivity index (χ1v) is 4.87. The van der Waals surface area contributed by atoms with Gasteiger partial charge < -0.3 is 5.73 Å². The first-order valence-electron chi connectivity index (χ1n) is 4.87. The Labute approximate surface area is 89.0 Å². The van der Waals surface area contributed by atoms with Crippen LogP contribution in [0.5, 0.6) is 0 Å². The lowest BCUT2D eigenvalue weighted by atomic mass is 10.0. The highest BCUT2D eigenvalue weighted by molar-refractivity contribution is 5.31. The predicted molar refractivity (Wildman–Crippen MR) is 59.2 cm³/mol. The second-order valence-electron chi connectivity index (χ2n) is 3.44. The molecule has 0 unspecified atom stereocenters. The first kappa shape index (κ1) is 9.80. The van der Waals surface area contributed by atoms with Gasteiger partial charge in [0.15, 0.2) is 0 Å². The third-order valence-electron chi connectivity index (χ3n) is 2.39. The van der Waals surface area contributed by atoms with Gasteiger partial charge in [0.1, 0.15) is 5.82 Å². The Morgan fingerprint density at radius 3 is 2.40 bits per heavy atom. The molecule has 0 aliphatic rings. The lowest BCUT2D eigenvalue weighted by molar-refractivity contribution is 0.775. The molecule has 0 aliphatic carbocycles. The third-order valence-corrected chi connectivity index (χ3v) is 2.39. The molecule has 3 nitrogen and oxygen atoms in total. The molecule has 2 rings (SSSR count). The van der Waals surface area contributed by atoms with E-state index in [0.29, 0.717) is 5.82 Å². The molecule has 2 N–H and O–H groups in total. The number of aryl methyl sites for hydroxylation is 1. The number of hydrogen-bond acceptors (Lipinski definition) is 3. The Morgan fingerprint density at radius 1 is 1.07 bits per heavy atom.